The van der Waals surface area contributed by atoms with Gasteiger partial charge in [0.25, 0.3) is 0 Å². The number of nitrogens with zero attached hydrogens (tertiary/aromatic N) is 1. The van der Waals surface area contributed by atoms with E-state index >= 15 is 0 Å². The summed E-state index contributed by atoms with van der Waals surface area (Å²) in [4.78, 5) is 0. The SMILES string of the molecule is CCC1(C#N)CCCCC(C)(N)C1. The van der Waals surface area contributed by atoms with Crippen LogP contribution in [0.2, 0.25) is 0 Å². The van der Waals surface area contributed by atoms with E-state index in [2.05, 4.69) is 19.9 Å². The van der Waals surface area contributed by atoms with Crippen molar-refractivity contribution in [3.05, 3.63) is 0 Å². The Morgan fingerprint density at radius 3 is 2.54 bits per heavy atom. The summed E-state index contributed by atoms with van der Waals surface area (Å²) in [6, 6.07) is 2.48. The van der Waals surface area contributed by atoms with Gasteiger partial charge in [-0.15, -0.1) is 0 Å². The Balaban J connectivity index is 2.80. The molecule has 2 unspecified atom stereocenters. The van der Waals surface area contributed by atoms with E-state index in [-0.39, 0.29) is 11.0 Å². The highest BCUT2D eigenvalue weighted by molar-refractivity contribution is 5.04. The predicted octanol–water partition coefficient (Wildman–Crippen LogP) is 2.59. The summed E-state index contributed by atoms with van der Waals surface area (Å²) in [5.41, 5.74) is 5.89. The van der Waals surface area contributed by atoms with E-state index < -0.39 is 0 Å². The molecule has 0 aromatic heterocycles. The van der Waals surface area contributed by atoms with Gasteiger partial charge in [0, 0.05) is 5.54 Å². The number of rotatable bonds is 1. The molecule has 2 heteroatoms. The third-order valence-electron chi connectivity index (χ3n) is 3.31. The van der Waals surface area contributed by atoms with Gasteiger partial charge in [-0.25, -0.2) is 0 Å². The van der Waals surface area contributed by atoms with Crippen LogP contribution in [-0.4, -0.2) is 5.54 Å². The van der Waals surface area contributed by atoms with Gasteiger partial charge in [-0.1, -0.05) is 19.8 Å². The second-order valence-electron chi connectivity index (χ2n) is 4.78. The van der Waals surface area contributed by atoms with Crippen LogP contribution in [0.3, 0.4) is 0 Å². The van der Waals surface area contributed by atoms with Crippen molar-refractivity contribution >= 4 is 0 Å². The largest absolute Gasteiger partial charge is 0.325 e. The average Bonchev–Trinajstić information content (AvgIpc) is 2.24. The maximum atomic E-state index is 9.19. The van der Waals surface area contributed by atoms with Crippen LogP contribution in [0.4, 0.5) is 0 Å². The van der Waals surface area contributed by atoms with Gasteiger partial charge in [-0.2, -0.15) is 5.26 Å². The van der Waals surface area contributed by atoms with Crippen molar-refractivity contribution in [2.24, 2.45) is 11.1 Å². The zero-order chi connectivity index (χ0) is 9.95. The lowest BCUT2D eigenvalue weighted by Crippen LogP contribution is -2.40. The first-order chi connectivity index (χ1) is 6.04. The zero-order valence-corrected chi connectivity index (χ0v) is 8.77. The van der Waals surface area contributed by atoms with Crippen LogP contribution >= 0.6 is 0 Å². The molecule has 1 aliphatic rings. The van der Waals surface area contributed by atoms with E-state index in [1.807, 2.05) is 0 Å². The molecule has 0 radical (unpaired) electrons. The summed E-state index contributed by atoms with van der Waals surface area (Å²) in [6.07, 6.45) is 6.25. The second-order valence-corrected chi connectivity index (χ2v) is 4.78. The monoisotopic (exact) mass is 180 g/mol. The van der Waals surface area contributed by atoms with E-state index in [0.717, 1.165) is 32.1 Å². The molecule has 74 valence electrons. The van der Waals surface area contributed by atoms with Gasteiger partial charge in [0.1, 0.15) is 0 Å². The van der Waals surface area contributed by atoms with Crippen LogP contribution in [0.1, 0.15) is 52.4 Å². The molecule has 1 fully saturated rings. The Morgan fingerprint density at radius 2 is 2.00 bits per heavy atom. The van der Waals surface area contributed by atoms with Gasteiger partial charge in [-0.05, 0) is 32.6 Å². The molecule has 1 saturated carbocycles. The quantitative estimate of drug-likeness (QED) is 0.630. The first-order valence-electron chi connectivity index (χ1n) is 5.24. The molecule has 2 atom stereocenters. The molecule has 0 saturated heterocycles. The molecule has 0 aliphatic heterocycles. The maximum Gasteiger partial charge on any atom is 0.0690 e. The van der Waals surface area contributed by atoms with Gasteiger partial charge < -0.3 is 5.73 Å². The normalized spacial score (nSPS) is 40.8. The van der Waals surface area contributed by atoms with Gasteiger partial charge in [0.15, 0.2) is 0 Å². The van der Waals surface area contributed by atoms with Gasteiger partial charge in [0.05, 0.1) is 11.5 Å². The Morgan fingerprint density at radius 1 is 1.38 bits per heavy atom. The minimum atomic E-state index is -0.139. The van der Waals surface area contributed by atoms with E-state index in [1.165, 1.54) is 6.42 Å². The number of nitriles is 1. The molecule has 0 aromatic rings. The second kappa shape index (κ2) is 3.67. The van der Waals surface area contributed by atoms with Crippen LogP contribution in [0.25, 0.3) is 0 Å². The molecule has 0 bridgehead atoms. The molecular weight excluding hydrogens is 160 g/mol. The van der Waals surface area contributed by atoms with Crippen LogP contribution in [-0.2, 0) is 0 Å². The number of hydrogen-bond acceptors (Lipinski definition) is 2. The molecule has 2 nitrogen and oxygen atoms in total. The van der Waals surface area contributed by atoms with Crippen molar-refractivity contribution in [3.8, 4) is 6.07 Å². The lowest BCUT2D eigenvalue weighted by atomic mass is 9.74. The van der Waals surface area contributed by atoms with Gasteiger partial charge in [-0.3, -0.25) is 0 Å². The highest BCUT2D eigenvalue weighted by Crippen LogP contribution is 2.40. The van der Waals surface area contributed by atoms with Crippen LogP contribution < -0.4 is 5.73 Å². The van der Waals surface area contributed by atoms with Crippen molar-refractivity contribution in [1.82, 2.24) is 0 Å². The predicted molar refractivity (Wildman–Crippen MR) is 54.0 cm³/mol. The van der Waals surface area contributed by atoms with Crippen molar-refractivity contribution in [2.75, 3.05) is 0 Å². The summed E-state index contributed by atoms with van der Waals surface area (Å²) in [5.74, 6) is 0. The van der Waals surface area contributed by atoms with E-state index in [9.17, 15) is 5.26 Å². The van der Waals surface area contributed by atoms with Crippen molar-refractivity contribution in [2.45, 2.75) is 57.9 Å². The topological polar surface area (TPSA) is 49.8 Å². The Bertz CT molecular complexity index is 215. The van der Waals surface area contributed by atoms with Crippen LogP contribution in [0.15, 0.2) is 0 Å². The minimum absolute atomic E-state index is 0.123. The van der Waals surface area contributed by atoms with E-state index in [4.69, 9.17) is 5.73 Å². The molecule has 13 heavy (non-hydrogen) atoms. The fraction of sp³-hybridized carbons (Fsp3) is 0.909. The maximum absolute atomic E-state index is 9.19. The standard InChI is InChI=1S/C11H20N2/c1-3-11(9-12)7-5-4-6-10(2,13)8-11/h3-8,13H2,1-2H3. The first-order valence-corrected chi connectivity index (χ1v) is 5.24. The fourth-order valence-electron chi connectivity index (χ4n) is 2.42. The summed E-state index contributed by atoms with van der Waals surface area (Å²) in [6.45, 7) is 4.19. The first kappa shape index (κ1) is 10.5. The van der Waals surface area contributed by atoms with Crippen LogP contribution in [0, 0.1) is 16.7 Å². The highest BCUT2D eigenvalue weighted by atomic mass is 14.7. The average molecular weight is 180 g/mol. The Labute approximate surface area is 81.1 Å². The molecule has 2 N–H and O–H groups in total. The van der Waals surface area contributed by atoms with E-state index in [0.29, 0.717) is 0 Å². The highest BCUT2D eigenvalue weighted by Gasteiger charge is 2.37. The molecule has 1 aliphatic carbocycles. The fourth-order valence-corrected chi connectivity index (χ4v) is 2.42. The third kappa shape index (κ3) is 2.45. The lowest BCUT2D eigenvalue weighted by molar-refractivity contribution is 0.262. The Hall–Kier alpha value is -0.550. The smallest absolute Gasteiger partial charge is 0.0690 e. The van der Waals surface area contributed by atoms with Crippen molar-refractivity contribution < 1.29 is 0 Å². The number of hydrogen-bond donors (Lipinski definition) is 1. The lowest BCUT2D eigenvalue weighted by Gasteiger charge is -2.31. The Kier molecular flexibility index (Phi) is 2.98. The summed E-state index contributed by atoms with van der Waals surface area (Å²) < 4.78 is 0. The van der Waals surface area contributed by atoms with Crippen molar-refractivity contribution in [3.63, 3.8) is 0 Å². The van der Waals surface area contributed by atoms with E-state index in [1.54, 1.807) is 0 Å². The van der Waals surface area contributed by atoms with Gasteiger partial charge >= 0.3 is 0 Å². The summed E-state index contributed by atoms with van der Waals surface area (Å²) in [5, 5.41) is 9.19. The molecule has 0 heterocycles. The molecule has 0 amide bonds. The molecule has 0 aromatic carbocycles. The molecular formula is C11H20N2. The number of nitrogens with two attached hydrogens (primary N) is 1. The molecule has 1 rings (SSSR count). The van der Waals surface area contributed by atoms with Crippen molar-refractivity contribution in [1.29, 1.82) is 5.26 Å². The zero-order valence-electron chi connectivity index (χ0n) is 8.77. The molecule has 0 spiro atoms. The minimum Gasteiger partial charge on any atom is -0.325 e. The third-order valence-corrected chi connectivity index (χ3v) is 3.31. The summed E-state index contributed by atoms with van der Waals surface area (Å²) in [7, 11) is 0. The van der Waals surface area contributed by atoms with Gasteiger partial charge in [0.2, 0.25) is 0 Å². The summed E-state index contributed by atoms with van der Waals surface area (Å²) >= 11 is 0. The van der Waals surface area contributed by atoms with Crippen LogP contribution in [0.5, 0.6) is 0 Å².